The van der Waals surface area contributed by atoms with Crippen LogP contribution in [-0.4, -0.2) is 47.4 Å². The van der Waals surface area contributed by atoms with Gasteiger partial charge in [0.25, 0.3) is 0 Å². The quantitative estimate of drug-likeness (QED) is 0.654. The van der Waals surface area contributed by atoms with E-state index in [1.165, 1.54) is 0 Å². The van der Waals surface area contributed by atoms with Gasteiger partial charge in [0.1, 0.15) is 5.82 Å². The van der Waals surface area contributed by atoms with Crippen molar-refractivity contribution < 1.29 is 19.1 Å². The van der Waals surface area contributed by atoms with E-state index in [0.29, 0.717) is 30.3 Å². The Morgan fingerprint density at radius 2 is 2.00 bits per heavy atom. The minimum atomic E-state index is -0.392. The van der Waals surface area contributed by atoms with Gasteiger partial charge in [0.05, 0.1) is 31.2 Å². The standard InChI is InChI=1S/C22H24N4O4/c1-13-23-17-6-5-16(10-18(17)24-13)25-22(28)15-9-21(27)26(12-15)11-14-4-7-19(29-2)20(8-14)30-3/h4-8,10,15H,9,11-12H2,1-3H3,(H,23,24)(H,25,28)/t15-/m1/s1. The molecule has 1 aliphatic heterocycles. The molecule has 0 radical (unpaired) electrons. The Morgan fingerprint density at radius 1 is 1.20 bits per heavy atom. The molecule has 1 fully saturated rings. The van der Waals surface area contributed by atoms with Gasteiger partial charge in [-0.2, -0.15) is 0 Å². The molecule has 2 aromatic carbocycles. The van der Waals surface area contributed by atoms with Gasteiger partial charge in [0.15, 0.2) is 11.5 Å². The molecule has 1 saturated heterocycles. The van der Waals surface area contributed by atoms with Gasteiger partial charge in [-0.1, -0.05) is 6.07 Å². The van der Waals surface area contributed by atoms with Gasteiger partial charge in [0.2, 0.25) is 11.8 Å². The molecular weight excluding hydrogens is 384 g/mol. The number of nitrogens with one attached hydrogen (secondary N) is 2. The first-order chi connectivity index (χ1) is 14.5. The van der Waals surface area contributed by atoms with Crippen LogP contribution in [0, 0.1) is 12.8 Å². The molecule has 1 aliphatic rings. The van der Waals surface area contributed by atoms with Gasteiger partial charge in [-0.25, -0.2) is 4.98 Å². The first-order valence-corrected chi connectivity index (χ1v) is 9.72. The lowest BCUT2D eigenvalue weighted by molar-refractivity contribution is -0.128. The van der Waals surface area contributed by atoms with E-state index in [2.05, 4.69) is 15.3 Å². The highest BCUT2D eigenvalue weighted by atomic mass is 16.5. The molecule has 2 amide bonds. The molecule has 8 nitrogen and oxygen atoms in total. The van der Waals surface area contributed by atoms with Crippen LogP contribution in [0.25, 0.3) is 11.0 Å². The summed E-state index contributed by atoms with van der Waals surface area (Å²) >= 11 is 0. The SMILES string of the molecule is COc1ccc(CN2C[C@H](C(=O)Nc3ccc4nc(C)[nH]c4c3)CC2=O)cc1OC. The molecule has 156 valence electrons. The number of amides is 2. The fraction of sp³-hybridized carbons (Fsp3) is 0.318. The fourth-order valence-electron chi connectivity index (χ4n) is 3.76. The van der Waals surface area contributed by atoms with Gasteiger partial charge in [-0.15, -0.1) is 0 Å². The van der Waals surface area contributed by atoms with Crippen LogP contribution in [0.2, 0.25) is 0 Å². The molecule has 3 aromatic rings. The summed E-state index contributed by atoms with van der Waals surface area (Å²) in [5, 5.41) is 2.92. The number of imidazole rings is 1. The number of aromatic nitrogens is 2. The second-order valence-corrected chi connectivity index (χ2v) is 7.41. The molecule has 1 aromatic heterocycles. The summed E-state index contributed by atoms with van der Waals surface area (Å²) in [4.78, 5) is 34.4. The van der Waals surface area contributed by atoms with E-state index in [-0.39, 0.29) is 18.2 Å². The summed E-state index contributed by atoms with van der Waals surface area (Å²) in [5.74, 6) is 1.48. The third-order valence-electron chi connectivity index (χ3n) is 5.27. The Balaban J connectivity index is 1.41. The van der Waals surface area contributed by atoms with E-state index in [9.17, 15) is 9.59 Å². The van der Waals surface area contributed by atoms with E-state index in [4.69, 9.17) is 9.47 Å². The van der Waals surface area contributed by atoms with Crippen molar-refractivity contribution >= 4 is 28.5 Å². The van der Waals surface area contributed by atoms with E-state index >= 15 is 0 Å². The lowest BCUT2D eigenvalue weighted by Crippen LogP contribution is -2.28. The minimum absolute atomic E-state index is 0.0374. The average Bonchev–Trinajstić information content (AvgIpc) is 3.29. The number of hydrogen-bond donors (Lipinski definition) is 2. The van der Waals surface area contributed by atoms with Crippen LogP contribution >= 0.6 is 0 Å². The predicted molar refractivity (Wildman–Crippen MR) is 113 cm³/mol. The molecule has 30 heavy (non-hydrogen) atoms. The fourth-order valence-corrected chi connectivity index (χ4v) is 3.76. The van der Waals surface area contributed by atoms with Gasteiger partial charge in [0, 0.05) is 25.2 Å². The van der Waals surface area contributed by atoms with Crippen molar-refractivity contribution in [2.75, 3.05) is 26.1 Å². The van der Waals surface area contributed by atoms with Crippen molar-refractivity contribution in [1.82, 2.24) is 14.9 Å². The topological polar surface area (TPSA) is 96.5 Å². The van der Waals surface area contributed by atoms with Crippen molar-refractivity contribution in [3.63, 3.8) is 0 Å². The average molecular weight is 408 g/mol. The van der Waals surface area contributed by atoms with E-state index in [1.807, 2.05) is 43.3 Å². The molecule has 2 N–H and O–H groups in total. The number of likely N-dealkylation sites (tertiary alicyclic amines) is 1. The number of fused-ring (bicyclic) bond motifs is 1. The van der Waals surface area contributed by atoms with Crippen molar-refractivity contribution in [2.24, 2.45) is 5.92 Å². The number of aromatic amines is 1. The van der Waals surface area contributed by atoms with Crippen LogP contribution in [0.4, 0.5) is 5.69 Å². The molecule has 0 unspecified atom stereocenters. The van der Waals surface area contributed by atoms with Crippen molar-refractivity contribution in [3.05, 3.63) is 47.8 Å². The maximum absolute atomic E-state index is 12.7. The molecule has 0 saturated carbocycles. The molecule has 0 bridgehead atoms. The number of anilines is 1. The molecule has 8 heteroatoms. The Hall–Kier alpha value is -3.55. The highest BCUT2D eigenvalue weighted by molar-refractivity contribution is 5.98. The number of rotatable bonds is 6. The van der Waals surface area contributed by atoms with Crippen molar-refractivity contribution in [3.8, 4) is 11.5 Å². The zero-order valence-electron chi connectivity index (χ0n) is 17.2. The highest BCUT2D eigenvalue weighted by Crippen LogP contribution is 2.29. The van der Waals surface area contributed by atoms with Crippen LogP contribution in [0.3, 0.4) is 0 Å². The maximum Gasteiger partial charge on any atom is 0.229 e. The number of methoxy groups -OCH3 is 2. The second-order valence-electron chi connectivity index (χ2n) is 7.41. The van der Waals surface area contributed by atoms with Crippen LogP contribution in [0.1, 0.15) is 17.8 Å². The monoisotopic (exact) mass is 408 g/mol. The number of carbonyl (C=O) groups excluding carboxylic acids is 2. The van der Waals surface area contributed by atoms with Crippen LogP contribution in [0.15, 0.2) is 36.4 Å². The zero-order chi connectivity index (χ0) is 21.3. The normalized spacial score (nSPS) is 16.2. The van der Waals surface area contributed by atoms with E-state index in [1.54, 1.807) is 19.1 Å². The third-order valence-corrected chi connectivity index (χ3v) is 5.27. The van der Waals surface area contributed by atoms with Gasteiger partial charge in [-0.3, -0.25) is 9.59 Å². The van der Waals surface area contributed by atoms with Gasteiger partial charge >= 0.3 is 0 Å². The number of carbonyl (C=O) groups is 2. The summed E-state index contributed by atoms with van der Waals surface area (Å²) in [6.07, 6.45) is 0.199. The maximum atomic E-state index is 12.7. The summed E-state index contributed by atoms with van der Waals surface area (Å²) in [6.45, 7) is 2.68. The van der Waals surface area contributed by atoms with E-state index < -0.39 is 5.92 Å². The van der Waals surface area contributed by atoms with E-state index in [0.717, 1.165) is 22.4 Å². The molecule has 0 aliphatic carbocycles. The summed E-state index contributed by atoms with van der Waals surface area (Å²) in [6, 6.07) is 11.1. The van der Waals surface area contributed by atoms with Gasteiger partial charge in [-0.05, 0) is 42.8 Å². The first kappa shape index (κ1) is 19.8. The summed E-state index contributed by atoms with van der Waals surface area (Å²) in [7, 11) is 3.15. The zero-order valence-corrected chi connectivity index (χ0v) is 17.2. The second kappa shape index (κ2) is 8.06. The number of H-pyrrole nitrogens is 1. The lowest BCUT2D eigenvalue weighted by Gasteiger charge is -2.18. The van der Waals surface area contributed by atoms with Crippen molar-refractivity contribution in [1.29, 1.82) is 0 Å². The molecule has 0 spiro atoms. The van der Waals surface area contributed by atoms with Crippen LogP contribution < -0.4 is 14.8 Å². The van der Waals surface area contributed by atoms with Crippen molar-refractivity contribution in [2.45, 2.75) is 19.9 Å². The smallest absolute Gasteiger partial charge is 0.229 e. The third kappa shape index (κ3) is 3.94. The van der Waals surface area contributed by atoms with Crippen LogP contribution in [-0.2, 0) is 16.1 Å². The summed E-state index contributed by atoms with van der Waals surface area (Å²) < 4.78 is 10.6. The Kier molecular flexibility index (Phi) is 5.31. The molecular formula is C22H24N4O4. The van der Waals surface area contributed by atoms with Gasteiger partial charge < -0.3 is 24.7 Å². The number of ether oxygens (including phenoxy) is 2. The minimum Gasteiger partial charge on any atom is -0.493 e. The highest BCUT2D eigenvalue weighted by Gasteiger charge is 2.34. The molecule has 4 rings (SSSR count). The number of benzene rings is 2. The Labute approximate surface area is 174 Å². The summed E-state index contributed by atoms with van der Waals surface area (Å²) in [5.41, 5.74) is 3.31. The molecule has 2 heterocycles. The predicted octanol–water partition coefficient (Wildman–Crippen LogP) is 2.88. The first-order valence-electron chi connectivity index (χ1n) is 9.72. The number of aryl methyl sites for hydroxylation is 1. The van der Waals surface area contributed by atoms with Crippen LogP contribution in [0.5, 0.6) is 11.5 Å². The largest absolute Gasteiger partial charge is 0.493 e. The lowest BCUT2D eigenvalue weighted by atomic mass is 10.1. The Bertz CT molecular complexity index is 1110. The number of nitrogens with zero attached hydrogens (tertiary/aromatic N) is 2. The Morgan fingerprint density at radius 3 is 2.77 bits per heavy atom. The number of hydrogen-bond acceptors (Lipinski definition) is 5. The molecule has 1 atom stereocenters.